The van der Waals surface area contributed by atoms with Gasteiger partial charge >= 0.3 is 0 Å². The third-order valence-corrected chi connectivity index (χ3v) is 5.05. The van der Waals surface area contributed by atoms with Crippen molar-refractivity contribution in [1.82, 2.24) is 25.2 Å². The van der Waals surface area contributed by atoms with Gasteiger partial charge in [-0.1, -0.05) is 34.1 Å². The summed E-state index contributed by atoms with van der Waals surface area (Å²) in [5.41, 5.74) is 2.21. The molecule has 1 aromatic carbocycles. The first-order valence-electron chi connectivity index (χ1n) is 8.83. The zero-order chi connectivity index (χ0) is 17.9. The van der Waals surface area contributed by atoms with E-state index >= 15 is 0 Å². The highest BCUT2D eigenvalue weighted by Crippen LogP contribution is 2.40. The summed E-state index contributed by atoms with van der Waals surface area (Å²) in [6.45, 7) is 3.38. The average Bonchev–Trinajstić information content (AvgIpc) is 3.30. The van der Waals surface area contributed by atoms with Crippen LogP contribution in [0, 0.1) is 0 Å². The Hall–Kier alpha value is -1.68. The number of halogens is 2. The molecule has 2 aromatic heterocycles. The van der Waals surface area contributed by atoms with Crippen LogP contribution in [0.15, 0.2) is 58.1 Å². The Morgan fingerprint density at radius 1 is 1.22 bits per heavy atom. The minimum absolute atomic E-state index is 0. The van der Waals surface area contributed by atoms with Gasteiger partial charge in [0.2, 0.25) is 0 Å². The van der Waals surface area contributed by atoms with E-state index in [-0.39, 0.29) is 24.0 Å². The van der Waals surface area contributed by atoms with Crippen LogP contribution < -0.4 is 10.6 Å². The summed E-state index contributed by atoms with van der Waals surface area (Å²) < 4.78 is 3.08. The number of pyridine rings is 1. The molecule has 1 aliphatic carbocycles. The summed E-state index contributed by atoms with van der Waals surface area (Å²) in [4.78, 5) is 4.69. The zero-order valence-electron chi connectivity index (χ0n) is 15.0. The first kappa shape index (κ1) is 20.1. The molecule has 1 saturated carbocycles. The van der Waals surface area contributed by atoms with Gasteiger partial charge in [0.05, 0.1) is 0 Å². The Morgan fingerprint density at radius 2 is 2.04 bits per heavy atom. The number of guanidine groups is 1. The fourth-order valence-corrected chi connectivity index (χ4v) is 3.34. The van der Waals surface area contributed by atoms with E-state index in [9.17, 15) is 0 Å². The Kier molecular flexibility index (Phi) is 6.69. The second-order valence-corrected chi connectivity index (χ2v) is 7.30. The van der Waals surface area contributed by atoms with Crippen molar-refractivity contribution in [2.24, 2.45) is 4.99 Å². The number of aliphatic imine (C=N–C) groups is 1. The maximum absolute atomic E-state index is 4.69. The van der Waals surface area contributed by atoms with Gasteiger partial charge in [0.1, 0.15) is 6.54 Å². The zero-order valence-corrected chi connectivity index (χ0v) is 18.9. The topological polar surface area (TPSA) is 66.6 Å². The monoisotopic (exact) mass is 540 g/mol. The summed E-state index contributed by atoms with van der Waals surface area (Å²) in [5, 5.41) is 15.3. The summed E-state index contributed by atoms with van der Waals surface area (Å²) in [6, 6.07) is 14.9. The highest BCUT2D eigenvalue weighted by Gasteiger charge is 2.38. The first-order valence-corrected chi connectivity index (χ1v) is 9.63. The van der Waals surface area contributed by atoms with Crippen LogP contribution in [-0.4, -0.2) is 33.1 Å². The van der Waals surface area contributed by atoms with E-state index in [0.29, 0.717) is 18.5 Å². The lowest BCUT2D eigenvalue weighted by molar-refractivity contribution is 0.783. The lowest BCUT2D eigenvalue weighted by Crippen LogP contribution is -2.39. The molecule has 3 aromatic rings. The molecule has 8 heteroatoms. The number of nitrogens with zero attached hydrogens (tertiary/aromatic N) is 4. The Morgan fingerprint density at radius 3 is 2.81 bits per heavy atom. The molecule has 2 unspecified atom stereocenters. The Labute approximate surface area is 184 Å². The lowest BCUT2D eigenvalue weighted by Gasteiger charge is -2.11. The molecule has 142 valence electrons. The fourth-order valence-electron chi connectivity index (χ4n) is 3.08. The molecular weight excluding hydrogens is 519 g/mol. The summed E-state index contributed by atoms with van der Waals surface area (Å²) in [5.74, 6) is 2.20. The molecule has 1 fully saturated rings. The summed E-state index contributed by atoms with van der Waals surface area (Å²) in [6.07, 6.45) is 3.09. The molecule has 6 nitrogen and oxygen atoms in total. The van der Waals surface area contributed by atoms with Crippen molar-refractivity contribution in [2.45, 2.75) is 31.8 Å². The molecule has 1 aliphatic rings. The second kappa shape index (κ2) is 9.01. The van der Waals surface area contributed by atoms with Crippen molar-refractivity contribution < 1.29 is 0 Å². The molecule has 0 bridgehead atoms. The number of hydrogen-bond donors (Lipinski definition) is 2. The third-order valence-electron chi connectivity index (χ3n) is 4.52. The van der Waals surface area contributed by atoms with Gasteiger partial charge in [-0.15, -0.1) is 34.2 Å². The van der Waals surface area contributed by atoms with Crippen LogP contribution in [0.1, 0.15) is 30.7 Å². The fraction of sp³-hybridized carbons (Fsp3) is 0.316. The van der Waals surface area contributed by atoms with Crippen LogP contribution in [0.3, 0.4) is 0 Å². The Bertz CT molecular complexity index is 923. The normalized spacial score (nSPS) is 18.8. The molecule has 0 radical (unpaired) electrons. The molecule has 0 saturated heterocycles. The molecule has 0 amide bonds. The number of rotatable bonds is 5. The SMILES string of the molecule is CCNC(=NCc1nnc2ccccn12)NC1CC1c1ccc(Br)cc1.I. The average molecular weight is 541 g/mol. The van der Waals surface area contributed by atoms with E-state index in [1.165, 1.54) is 5.56 Å². The minimum Gasteiger partial charge on any atom is -0.357 e. The number of hydrogen-bond acceptors (Lipinski definition) is 3. The van der Waals surface area contributed by atoms with E-state index in [0.717, 1.165) is 34.9 Å². The van der Waals surface area contributed by atoms with Crippen molar-refractivity contribution in [3.63, 3.8) is 0 Å². The van der Waals surface area contributed by atoms with Crippen LogP contribution in [-0.2, 0) is 6.54 Å². The summed E-state index contributed by atoms with van der Waals surface area (Å²) in [7, 11) is 0. The van der Waals surface area contributed by atoms with Crippen molar-refractivity contribution >= 4 is 51.5 Å². The van der Waals surface area contributed by atoms with Gasteiger partial charge < -0.3 is 10.6 Å². The maximum Gasteiger partial charge on any atom is 0.191 e. The Balaban J connectivity index is 0.00000210. The van der Waals surface area contributed by atoms with E-state index < -0.39 is 0 Å². The van der Waals surface area contributed by atoms with Gasteiger partial charge in [0.25, 0.3) is 0 Å². The van der Waals surface area contributed by atoms with E-state index in [4.69, 9.17) is 4.99 Å². The highest BCUT2D eigenvalue weighted by molar-refractivity contribution is 14.0. The van der Waals surface area contributed by atoms with E-state index in [2.05, 4.69) is 68.0 Å². The van der Waals surface area contributed by atoms with Crippen molar-refractivity contribution in [1.29, 1.82) is 0 Å². The van der Waals surface area contributed by atoms with E-state index in [1.54, 1.807) is 0 Å². The van der Waals surface area contributed by atoms with Gasteiger partial charge in [0, 0.05) is 29.2 Å². The lowest BCUT2D eigenvalue weighted by atomic mass is 10.1. The van der Waals surface area contributed by atoms with Crippen molar-refractivity contribution in [3.05, 3.63) is 64.5 Å². The highest BCUT2D eigenvalue weighted by atomic mass is 127. The van der Waals surface area contributed by atoms with Gasteiger partial charge in [0.15, 0.2) is 17.4 Å². The van der Waals surface area contributed by atoms with Crippen LogP contribution in [0.4, 0.5) is 0 Å². The number of benzene rings is 1. The number of nitrogens with one attached hydrogen (secondary N) is 2. The third kappa shape index (κ3) is 4.78. The van der Waals surface area contributed by atoms with Crippen LogP contribution in [0.5, 0.6) is 0 Å². The molecule has 2 atom stereocenters. The molecule has 2 N–H and O–H groups in total. The molecule has 0 spiro atoms. The predicted molar refractivity (Wildman–Crippen MR) is 122 cm³/mol. The molecule has 27 heavy (non-hydrogen) atoms. The largest absolute Gasteiger partial charge is 0.357 e. The number of aromatic nitrogens is 3. The van der Waals surface area contributed by atoms with Crippen molar-refractivity contribution in [3.8, 4) is 0 Å². The molecular formula is C19H22BrIN6. The smallest absolute Gasteiger partial charge is 0.191 e. The first-order chi connectivity index (χ1) is 12.7. The van der Waals surface area contributed by atoms with Gasteiger partial charge in [-0.3, -0.25) is 4.40 Å². The van der Waals surface area contributed by atoms with Crippen LogP contribution in [0.25, 0.3) is 5.65 Å². The molecule has 0 aliphatic heterocycles. The quantitative estimate of drug-likeness (QED) is 0.294. The maximum atomic E-state index is 4.69. The standard InChI is InChI=1S/C19H21BrN6.HI/c1-2-21-19(22-12-18-25-24-17-5-3-4-10-26(17)18)23-16-11-15(16)13-6-8-14(20)9-7-13;/h3-10,15-16H,2,11-12H2,1H3,(H2,21,22,23);1H. The van der Waals surface area contributed by atoms with Gasteiger partial charge in [-0.25, -0.2) is 4.99 Å². The number of fused-ring (bicyclic) bond motifs is 1. The summed E-state index contributed by atoms with van der Waals surface area (Å²) >= 11 is 3.49. The van der Waals surface area contributed by atoms with Gasteiger partial charge in [-0.2, -0.15) is 0 Å². The van der Waals surface area contributed by atoms with Crippen LogP contribution in [0.2, 0.25) is 0 Å². The molecule has 2 heterocycles. The van der Waals surface area contributed by atoms with Gasteiger partial charge in [-0.05, 0) is 43.2 Å². The predicted octanol–water partition coefficient (Wildman–Crippen LogP) is 3.72. The minimum atomic E-state index is 0. The molecule has 4 rings (SSSR count). The van der Waals surface area contributed by atoms with Crippen LogP contribution >= 0.6 is 39.9 Å². The van der Waals surface area contributed by atoms with Crippen molar-refractivity contribution in [2.75, 3.05) is 6.54 Å². The van der Waals surface area contributed by atoms with E-state index in [1.807, 2.05) is 28.8 Å². The second-order valence-electron chi connectivity index (χ2n) is 6.38.